The Hall–Kier alpha value is -4.11. The number of hydrogen-bond acceptors (Lipinski definition) is 4. The number of ether oxygens (including phenoxy) is 1. The molecule has 0 aliphatic carbocycles. The number of para-hydroxylation sites is 1. The lowest BCUT2D eigenvalue weighted by Gasteiger charge is -2.19. The average Bonchev–Trinajstić information content (AvgIpc) is 3.29. The summed E-state index contributed by atoms with van der Waals surface area (Å²) >= 11 is 3.31. The van der Waals surface area contributed by atoms with Crippen molar-refractivity contribution in [3.05, 3.63) is 106 Å². The van der Waals surface area contributed by atoms with E-state index >= 15 is 0 Å². The lowest BCUT2D eigenvalue weighted by Crippen LogP contribution is -2.53. The van der Waals surface area contributed by atoms with Gasteiger partial charge in [-0.3, -0.25) is 20.4 Å². The van der Waals surface area contributed by atoms with E-state index in [9.17, 15) is 14.4 Å². The molecule has 0 radical (unpaired) electrons. The highest BCUT2D eigenvalue weighted by Gasteiger charge is 2.24. The number of fused-ring (bicyclic) bond motifs is 1. The zero-order valence-corrected chi connectivity index (χ0v) is 20.2. The number of alkyl carbamates (subject to hydrolysis) is 1. The van der Waals surface area contributed by atoms with E-state index in [0.29, 0.717) is 10.0 Å². The van der Waals surface area contributed by atoms with Crippen LogP contribution in [0.2, 0.25) is 0 Å². The highest BCUT2D eigenvalue weighted by Crippen LogP contribution is 2.19. The van der Waals surface area contributed by atoms with Gasteiger partial charge in [-0.25, -0.2) is 4.79 Å². The second kappa shape index (κ2) is 11.3. The van der Waals surface area contributed by atoms with Crippen molar-refractivity contribution < 1.29 is 19.1 Å². The lowest BCUT2D eigenvalue weighted by atomic mass is 10.0. The quantitative estimate of drug-likeness (QED) is 0.266. The molecule has 1 unspecified atom stereocenters. The molecule has 3 amide bonds. The zero-order chi connectivity index (χ0) is 24.6. The Morgan fingerprint density at radius 1 is 0.886 bits per heavy atom. The smallest absolute Gasteiger partial charge is 0.408 e. The molecule has 178 valence electrons. The first kappa shape index (κ1) is 24.0. The largest absolute Gasteiger partial charge is 0.445 e. The fourth-order valence-corrected chi connectivity index (χ4v) is 4.02. The maximum Gasteiger partial charge on any atom is 0.408 e. The predicted molar refractivity (Wildman–Crippen MR) is 135 cm³/mol. The van der Waals surface area contributed by atoms with Crippen LogP contribution in [0.25, 0.3) is 10.9 Å². The van der Waals surface area contributed by atoms with E-state index in [1.807, 2.05) is 54.6 Å². The van der Waals surface area contributed by atoms with Crippen molar-refractivity contribution in [2.75, 3.05) is 0 Å². The van der Waals surface area contributed by atoms with Gasteiger partial charge in [-0.1, -0.05) is 60.7 Å². The first-order chi connectivity index (χ1) is 17.0. The minimum atomic E-state index is -1.00. The lowest BCUT2D eigenvalue weighted by molar-refractivity contribution is -0.123. The van der Waals surface area contributed by atoms with Gasteiger partial charge in [0.1, 0.15) is 12.6 Å². The molecular formula is C26H23BrN4O4. The van der Waals surface area contributed by atoms with Crippen molar-refractivity contribution in [2.24, 2.45) is 0 Å². The topological polar surface area (TPSA) is 112 Å². The summed E-state index contributed by atoms with van der Waals surface area (Å²) in [6, 6.07) is 22.7. The Kier molecular flexibility index (Phi) is 7.79. The number of aromatic amines is 1. The number of hydrogen-bond donors (Lipinski definition) is 4. The van der Waals surface area contributed by atoms with Crippen LogP contribution in [-0.2, 0) is 22.6 Å². The van der Waals surface area contributed by atoms with Gasteiger partial charge in [0.05, 0.1) is 5.56 Å². The molecule has 1 heterocycles. The molecule has 0 fully saturated rings. The standard InChI is InChI=1S/C26H23BrN4O4/c27-21-12-6-4-11-20(21)24(32)30-31-25(33)23(14-18-15-28-22-13-7-5-10-19(18)22)29-26(34)35-16-17-8-2-1-3-9-17/h1-13,15,23,28H,14,16H2,(H,29,34)(H,30,32)(H,31,33). The minimum absolute atomic E-state index is 0.0624. The predicted octanol–water partition coefficient (Wildman–Crippen LogP) is 4.23. The number of carbonyl (C=O) groups is 3. The van der Waals surface area contributed by atoms with Gasteiger partial charge in [0.2, 0.25) is 0 Å². The van der Waals surface area contributed by atoms with E-state index in [0.717, 1.165) is 22.0 Å². The summed E-state index contributed by atoms with van der Waals surface area (Å²) in [4.78, 5) is 41.2. The number of nitrogens with one attached hydrogen (secondary N) is 4. The molecule has 0 aliphatic heterocycles. The van der Waals surface area contributed by atoms with Gasteiger partial charge in [0.25, 0.3) is 11.8 Å². The van der Waals surface area contributed by atoms with Gasteiger partial charge in [-0.05, 0) is 45.3 Å². The Morgan fingerprint density at radius 2 is 1.60 bits per heavy atom. The second-order valence-electron chi connectivity index (χ2n) is 7.75. The summed E-state index contributed by atoms with van der Waals surface area (Å²) in [5.74, 6) is -1.09. The van der Waals surface area contributed by atoms with Crippen LogP contribution in [0.5, 0.6) is 0 Å². The van der Waals surface area contributed by atoms with Crippen LogP contribution < -0.4 is 16.2 Å². The monoisotopic (exact) mass is 534 g/mol. The summed E-state index contributed by atoms with van der Waals surface area (Å²) in [6.07, 6.45) is 1.23. The fourth-order valence-electron chi connectivity index (χ4n) is 3.55. The van der Waals surface area contributed by atoms with Gasteiger partial charge in [-0.15, -0.1) is 0 Å². The first-order valence-corrected chi connectivity index (χ1v) is 11.7. The highest BCUT2D eigenvalue weighted by atomic mass is 79.9. The van der Waals surface area contributed by atoms with Crippen LogP contribution in [0.15, 0.2) is 89.5 Å². The number of aromatic nitrogens is 1. The van der Waals surface area contributed by atoms with Crippen molar-refractivity contribution in [1.29, 1.82) is 0 Å². The van der Waals surface area contributed by atoms with E-state index < -0.39 is 23.9 Å². The SMILES string of the molecule is O=C(NC(Cc1c[nH]c2ccccc12)C(=O)NNC(=O)c1ccccc1Br)OCc1ccccc1. The second-order valence-corrected chi connectivity index (χ2v) is 8.60. The summed E-state index contributed by atoms with van der Waals surface area (Å²) < 4.78 is 5.88. The molecule has 8 nitrogen and oxygen atoms in total. The normalized spacial score (nSPS) is 11.5. The van der Waals surface area contributed by atoms with Gasteiger partial charge in [0, 0.05) is 28.0 Å². The molecule has 0 bridgehead atoms. The Balaban J connectivity index is 1.45. The number of H-pyrrole nitrogens is 1. The van der Waals surface area contributed by atoms with E-state index in [1.54, 1.807) is 30.5 Å². The van der Waals surface area contributed by atoms with Crippen LogP contribution in [-0.4, -0.2) is 28.9 Å². The van der Waals surface area contributed by atoms with Gasteiger partial charge >= 0.3 is 6.09 Å². The van der Waals surface area contributed by atoms with Crippen LogP contribution in [0.3, 0.4) is 0 Å². The van der Waals surface area contributed by atoms with Crippen molar-refractivity contribution in [3.63, 3.8) is 0 Å². The molecule has 9 heteroatoms. The van der Waals surface area contributed by atoms with Crippen LogP contribution >= 0.6 is 15.9 Å². The minimum Gasteiger partial charge on any atom is -0.445 e. The van der Waals surface area contributed by atoms with Crippen molar-refractivity contribution in [1.82, 2.24) is 21.2 Å². The average molecular weight is 535 g/mol. The van der Waals surface area contributed by atoms with Crippen LogP contribution in [0, 0.1) is 0 Å². The molecule has 0 saturated heterocycles. The molecule has 0 spiro atoms. The summed E-state index contributed by atoms with van der Waals surface area (Å²) in [5, 5.41) is 3.55. The molecule has 4 rings (SSSR count). The summed E-state index contributed by atoms with van der Waals surface area (Å²) in [7, 11) is 0. The number of carbonyl (C=O) groups excluding carboxylic acids is 3. The number of halogens is 1. The number of hydrazine groups is 1. The first-order valence-electron chi connectivity index (χ1n) is 10.9. The third-order valence-electron chi connectivity index (χ3n) is 5.34. The molecular weight excluding hydrogens is 512 g/mol. The van der Waals surface area contributed by atoms with Crippen molar-refractivity contribution in [3.8, 4) is 0 Å². The summed E-state index contributed by atoms with van der Waals surface area (Å²) in [5.41, 5.74) is 7.73. The van der Waals surface area contributed by atoms with Crippen molar-refractivity contribution in [2.45, 2.75) is 19.1 Å². The summed E-state index contributed by atoms with van der Waals surface area (Å²) in [6.45, 7) is 0.0624. The Labute approximate surface area is 210 Å². The third-order valence-corrected chi connectivity index (χ3v) is 6.03. The maximum atomic E-state index is 13.0. The van der Waals surface area contributed by atoms with Crippen LogP contribution in [0.1, 0.15) is 21.5 Å². The molecule has 4 aromatic rings. The zero-order valence-electron chi connectivity index (χ0n) is 18.6. The number of amides is 3. The van der Waals surface area contributed by atoms with E-state index in [4.69, 9.17) is 4.74 Å². The molecule has 0 saturated carbocycles. The van der Waals surface area contributed by atoms with E-state index in [-0.39, 0.29) is 13.0 Å². The molecule has 35 heavy (non-hydrogen) atoms. The van der Waals surface area contributed by atoms with Gasteiger partial charge in [-0.2, -0.15) is 0 Å². The molecule has 0 aliphatic rings. The Morgan fingerprint density at radius 3 is 2.40 bits per heavy atom. The van der Waals surface area contributed by atoms with E-state index in [2.05, 4.69) is 37.1 Å². The molecule has 1 aromatic heterocycles. The van der Waals surface area contributed by atoms with Gasteiger partial charge < -0.3 is 15.0 Å². The Bertz CT molecular complexity index is 1340. The van der Waals surface area contributed by atoms with Crippen molar-refractivity contribution >= 4 is 44.7 Å². The fraction of sp³-hybridized carbons (Fsp3) is 0.115. The third kappa shape index (κ3) is 6.27. The molecule has 4 N–H and O–H groups in total. The molecule has 3 aromatic carbocycles. The van der Waals surface area contributed by atoms with Crippen LogP contribution in [0.4, 0.5) is 4.79 Å². The number of benzene rings is 3. The highest BCUT2D eigenvalue weighted by molar-refractivity contribution is 9.10. The number of rotatable bonds is 7. The van der Waals surface area contributed by atoms with E-state index in [1.165, 1.54) is 0 Å². The molecule has 1 atom stereocenters. The maximum absolute atomic E-state index is 13.0. The van der Waals surface area contributed by atoms with Gasteiger partial charge in [0.15, 0.2) is 0 Å².